The molecule has 0 bridgehead atoms. The molecule has 2 heterocycles. The molecule has 2 unspecified atom stereocenters. The number of rotatable bonds is 4. The van der Waals surface area contributed by atoms with Crippen LogP contribution in [-0.4, -0.2) is 23.1 Å². The Balaban J connectivity index is 0.00000133. The molecule has 2 aromatic rings. The lowest BCUT2D eigenvalue weighted by Gasteiger charge is -2.42. The summed E-state index contributed by atoms with van der Waals surface area (Å²) < 4.78 is 28.7. The maximum atomic E-state index is 14.7. The molecule has 5 rings (SSSR count). The van der Waals surface area contributed by atoms with Crippen LogP contribution >= 0.6 is 11.8 Å². The van der Waals surface area contributed by atoms with Gasteiger partial charge in [0, 0.05) is 11.3 Å². The van der Waals surface area contributed by atoms with E-state index < -0.39 is 16.5 Å². The zero-order valence-corrected chi connectivity index (χ0v) is 21.1. The van der Waals surface area contributed by atoms with Gasteiger partial charge in [-0.25, -0.2) is 13.8 Å². The molecule has 1 spiro atoms. The molecule has 0 aromatic heterocycles. The number of nitrogens with zero attached hydrogens (tertiary/aromatic N) is 2. The number of halogens is 2. The Morgan fingerprint density at radius 1 is 1.18 bits per heavy atom. The molecule has 0 amide bonds. The van der Waals surface area contributed by atoms with Gasteiger partial charge in [-0.15, -0.1) is 0 Å². The molecule has 2 aromatic carbocycles. The monoisotopic (exact) mass is 483 g/mol. The van der Waals surface area contributed by atoms with Crippen molar-refractivity contribution in [3.05, 3.63) is 83.1 Å². The van der Waals surface area contributed by atoms with Crippen LogP contribution < -0.4 is 5.32 Å². The Morgan fingerprint density at radius 3 is 2.85 bits per heavy atom. The lowest BCUT2D eigenvalue weighted by molar-refractivity contribution is 0.199. The van der Waals surface area contributed by atoms with Crippen molar-refractivity contribution in [3.63, 3.8) is 0 Å². The number of fused-ring (bicyclic) bond motifs is 2. The van der Waals surface area contributed by atoms with Gasteiger partial charge in [-0.2, -0.15) is 5.10 Å². The van der Waals surface area contributed by atoms with E-state index in [9.17, 15) is 8.78 Å². The van der Waals surface area contributed by atoms with Crippen molar-refractivity contribution in [1.29, 1.82) is 0 Å². The van der Waals surface area contributed by atoms with Crippen LogP contribution in [-0.2, 0) is 11.3 Å². The number of hydrogen-bond donors (Lipinski definition) is 1. The number of aryl methyl sites for hydroxylation is 1. The maximum absolute atomic E-state index is 14.7. The number of thioether (sulfide) groups is 1. The van der Waals surface area contributed by atoms with Gasteiger partial charge in [0.15, 0.2) is 0 Å². The summed E-state index contributed by atoms with van der Waals surface area (Å²) in [6.07, 6.45) is 7.38. The van der Waals surface area contributed by atoms with Gasteiger partial charge in [-0.3, -0.25) is 0 Å². The Bertz CT molecular complexity index is 1050. The first kappa shape index (κ1) is 24.9. The van der Waals surface area contributed by atoms with Crippen molar-refractivity contribution >= 4 is 16.8 Å². The summed E-state index contributed by atoms with van der Waals surface area (Å²) in [5, 5.41) is 11.0. The normalized spacial score (nSPS) is 24.1. The highest BCUT2D eigenvalue weighted by atomic mass is 32.2. The molecule has 3 nitrogen and oxygen atoms in total. The summed E-state index contributed by atoms with van der Waals surface area (Å²) in [5.74, 6) is -0.391. The molecular weight excluding hydrogens is 448 g/mol. The fraction of sp³-hybridized carbons (Fsp3) is 0.464. The van der Waals surface area contributed by atoms with E-state index in [0.717, 1.165) is 50.5 Å². The second-order valence-electron chi connectivity index (χ2n) is 9.07. The van der Waals surface area contributed by atoms with Crippen molar-refractivity contribution in [1.82, 2.24) is 10.3 Å². The van der Waals surface area contributed by atoms with Crippen molar-refractivity contribution in [2.75, 3.05) is 13.1 Å². The summed E-state index contributed by atoms with van der Waals surface area (Å²) in [6, 6.07) is 12.1. The van der Waals surface area contributed by atoms with Gasteiger partial charge < -0.3 is 5.32 Å². The molecule has 1 N–H and O–H groups in total. The second kappa shape index (κ2) is 11.0. The van der Waals surface area contributed by atoms with E-state index in [-0.39, 0.29) is 5.56 Å². The second-order valence-corrected chi connectivity index (χ2v) is 10.3. The van der Waals surface area contributed by atoms with E-state index >= 15 is 0 Å². The number of benzene rings is 2. The maximum Gasteiger partial charge on any atom is 0.139 e. The first-order chi connectivity index (χ1) is 16.6. The summed E-state index contributed by atoms with van der Waals surface area (Å²) in [4.78, 5) is -0.460. The van der Waals surface area contributed by atoms with E-state index in [2.05, 4.69) is 36.2 Å². The SMILES string of the molecule is C=C(CC1CCCCNC1)N1N=C(c2cc(F)ccc2F)SC12CCCc1ccccc12.CC. The summed E-state index contributed by atoms with van der Waals surface area (Å²) in [6.45, 7) is 10.5. The Morgan fingerprint density at radius 2 is 2.00 bits per heavy atom. The fourth-order valence-electron chi connectivity index (χ4n) is 5.28. The fourth-order valence-corrected chi connectivity index (χ4v) is 6.80. The molecule has 2 aliphatic heterocycles. The third-order valence-electron chi connectivity index (χ3n) is 6.83. The Hall–Kier alpha value is -2.18. The molecular formula is C28H35F2N3S. The van der Waals surface area contributed by atoms with Crippen molar-refractivity contribution < 1.29 is 8.78 Å². The van der Waals surface area contributed by atoms with Gasteiger partial charge in [0.25, 0.3) is 0 Å². The van der Waals surface area contributed by atoms with E-state index in [0.29, 0.717) is 11.0 Å². The molecule has 34 heavy (non-hydrogen) atoms. The van der Waals surface area contributed by atoms with Crippen LogP contribution in [0.25, 0.3) is 0 Å². The quantitative estimate of drug-likeness (QED) is 0.499. The van der Waals surface area contributed by atoms with E-state index in [4.69, 9.17) is 5.10 Å². The predicted molar refractivity (Wildman–Crippen MR) is 139 cm³/mol. The van der Waals surface area contributed by atoms with Crippen molar-refractivity contribution in [2.45, 2.75) is 63.7 Å². The van der Waals surface area contributed by atoms with Crippen molar-refractivity contribution in [3.8, 4) is 0 Å². The topological polar surface area (TPSA) is 27.6 Å². The third-order valence-corrected chi connectivity index (χ3v) is 8.26. The predicted octanol–water partition coefficient (Wildman–Crippen LogP) is 7.18. The highest BCUT2D eigenvalue weighted by molar-refractivity contribution is 8.15. The molecule has 1 saturated heterocycles. The standard InChI is InChI=1S/C26H29F2N3S.C2H6/c1-18(15-19-7-4-5-14-29-17-19)31-26(13-6-9-20-8-2-3-10-23(20)26)32-25(30-31)22-16-21(27)11-12-24(22)28;1-2/h2-3,8,10-12,16,19,29H,1,4-7,9,13-15,17H2;1-2H3. The Kier molecular flexibility index (Phi) is 8.10. The zero-order valence-electron chi connectivity index (χ0n) is 20.2. The van der Waals surface area contributed by atoms with Crippen molar-refractivity contribution in [2.24, 2.45) is 11.0 Å². The minimum absolute atomic E-state index is 0.226. The van der Waals surface area contributed by atoms with Gasteiger partial charge >= 0.3 is 0 Å². The highest BCUT2D eigenvalue weighted by Gasteiger charge is 2.49. The van der Waals surface area contributed by atoms with Crippen LogP contribution in [0.3, 0.4) is 0 Å². The van der Waals surface area contributed by atoms with E-state index in [1.54, 1.807) is 11.8 Å². The largest absolute Gasteiger partial charge is 0.316 e. The summed E-state index contributed by atoms with van der Waals surface area (Å²) in [5.41, 5.74) is 3.70. The molecule has 3 aliphatic rings. The molecule has 6 heteroatoms. The van der Waals surface area contributed by atoms with Crippen LogP contribution in [0.2, 0.25) is 0 Å². The van der Waals surface area contributed by atoms with Crippen LogP contribution in [0.1, 0.15) is 69.1 Å². The van der Waals surface area contributed by atoms with Crippen LogP contribution in [0.4, 0.5) is 8.78 Å². The lowest BCUT2D eigenvalue weighted by atomic mass is 9.86. The minimum atomic E-state index is -0.460. The van der Waals surface area contributed by atoms with Crippen LogP contribution in [0.5, 0.6) is 0 Å². The minimum Gasteiger partial charge on any atom is -0.316 e. The highest BCUT2D eigenvalue weighted by Crippen LogP contribution is 2.55. The van der Waals surface area contributed by atoms with Gasteiger partial charge in [0.05, 0.1) is 0 Å². The molecule has 0 radical (unpaired) electrons. The molecule has 1 aliphatic carbocycles. The zero-order chi connectivity index (χ0) is 24.1. The first-order valence-electron chi connectivity index (χ1n) is 12.6. The smallest absolute Gasteiger partial charge is 0.139 e. The number of allylic oxidation sites excluding steroid dienone is 1. The molecule has 182 valence electrons. The first-order valence-corrected chi connectivity index (χ1v) is 13.4. The Labute approximate surface area is 206 Å². The molecule has 1 fully saturated rings. The average Bonchev–Trinajstić information content (AvgIpc) is 3.04. The van der Waals surface area contributed by atoms with Crippen LogP contribution in [0.15, 0.2) is 59.8 Å². The average molecular weight is 484 g/mol. The molecule has 0 saturated carbocycles. The lowest BCUT2D eigenvalue weighted by Crippen LogP contribution is -2.40. The number of nitrogens with one attached hydrogen (secondary N) is 1. The van der Waals surface area contributed by atoms with Gasteiger partial charge in [0.1, 0.15) is 21.5 Å². The van der Waals surface area contributed by atoms with E-state index in [1.807, 2.05) is 18.9 Å². The number of hydrazone groups is 1. The number of hydrogen-bond acceptors (Lipinski definition) is 4. The summed E-state index contributed by atoms with van der Waals surface area (Å²) >= 11 is 1.55. The van der Waals surface area contributed by atoms with E-state index in [1.165, 1.54) is 42.5 Å². The summed E-state index contributed by atoms with van der Waals surface area (Å²) in [7, 11) is 0. The van der Waals surface area contributed by atoms with Gasteiger partial charge in [-0.05, 0) is 86.9 Å². The molecule has 2 atom stereocenters. The van der Waals surface area contributed by atoms with Gasteiger partial charge in [-0.1, -0.05) is 62.9 Å². The van der Waals surface area contributed by atoms with Crippen LogP contribution in [0, 0.1) is 17.6 Å². The third kappa shape index (κ3) is 4.94. The van der Waals surface area contributed by atoms with Gasteiger partial charge in [0.2, 0.25) is 0 Å².